The van der Waals surface area contributed by atoms with E-state index in [0.717, 1.165) is 72.7 Å². The lowest BCUT2D eigenvalue weighted by Crippen LogP contribution is -2.32. The molecule has 1 spiro atoms. The number of fused-ring (bicyclic) bond motifs is 9. The molecule has 0 saturated heterocycles. The zero-order valence-electron chi connectivity index (χ0n) is 33.5. The van der Waals surface area contributed by atoms with Gasteiger partial charge in [0.25, 0.3) is 0 Å². The lowest BCUT2D eigenvalue weighted by atomic mass is 9.66. The molecule has 1 aliphatic heterocycles. The Labute approximate surface area is 359 Å². The standard InChI is InChI=1S/C57H36N4O/c1-3-13-39(14-4-1)54-59-55(40-15-5-2-6-16-40)61-56(60-54)44-18-11-17-41(33-44)37-24-26-38(27-25-37)42-28-30-48-46(34-42)47-35-43(45-19-12-32-58-36-45)29-31-49(47)57(48)50-20-7-9-22-52(50)62-53-23-10-8-21-51(53)57/h1-36H. The van der Waals surface area contributed by atoms with Crippen LogP contribution >= 0.6 is 0 Å². The van der Waals surface area contributed by atoms with Gasteiger partial charge in [0, 0.05) is 45.8 Å². The Hall–Kier alpha value is -8.28. The molecule has 5 heteroatoms. The van der Waals surface area contributed by atoms with Crippen LogP contribution in [-0.4, -0.2) is 19.9 Å². The molecule has 0 radical (unpaired) electrons. The first-order valence-electron chi connectivity index (χ1n) is 20.9. The first kappa shape index (κ1) is 35.6. The average Bonchev–Trinajstić information content (AvgIpc) is 3.64. The molecule has 0 N–H and O–H groups in total. The largest absolute Gasteiger partial charge is 0.457 e. The molecule has 0 fully saturated rings. The highest BCUT2D eigenvalue weighted by molar-refractivity contribution is 5.92. The van der Waals surface area contributed by atoms with Gasteiger partial charge in [0.2, 0.25) is 0 Å². The zero-order valence-corrected chi connectivity index (χ0v) is 33.5. The third-order valence-electron chi connectivity index (χ3n) is 12.3. The van der Waals surface area contributed by atoms with Gasteiger partial charge in [-0.2, -0.15) is 0 Å². The van der Waals surface area contributed by atoms with Crippen molar-refractivity contribution in [2.45, 2.75) is 5.41 Å². The van der Waals surface area contributed by atoms with Crippen LogP contribution in [0.25, 0.3) is 78.7 Å². The van der Waals surface area contributed by atoms with Crippen molar-refractivity contribution in [3.63, 3.8) is 0 Å². The minimum Gasteiger partial charge on any atom is -0.457 e. The van der Waals surface area contributed by atoms with Crippen LogP contribution in [0.1, 0.15) is 22.3 Å². The van der Waals surface area contributed by atoms with Crippen molar-refractivity contribution < 1.29 is 4.74 Å². The van der Waals surface area contributed by atoms with Crippen molar-refractivity contribution in [3.05, 3.63) is 241 Å². The molecule has 8 aromatic carbocycles. The van der Waals surface area contributed by atoms with E-state index < -0.39 is 5.41 Å². The summed E-state index contributed by atoms with van der Waals surface area (Å²) < 4.78 is 6.59. The minimum absolute atomic E-state index is 0.542. The van der Waals surface area contributed by atoms with E-state index in [1.807, 2.05) is 79.1 Å². The predicted molar refractivity (Wildman–Crippen MR) is 248 cm³/mol. The summed E-state index contributed by atoms with van der Waals surface area (Å²) in [5.74, 6) is 3.69. The number of benzene rings is 8. The third-order valence-corrected chi connectivity index (χ3v) is 12.3. The summed E-state index contributed by atoms with van der Waals surface area (Å²) in [5.41, 5.74) is 16.2. The summed E-state index contributed by atoms with van der Waals surface area (Å²) in [7, 11) is 0. The SMILES string of the molecule is c1ccc(-c2nc(-c3ccccc3)nc(-c3cccc(-c4ccc(-c5ccc6c(c5)-c5cc(-c7cccnc7)ccc5C65c6ccccc6Oc6ccccc65)cc4)c3)n2)cc1. The Morgan fingerprint density at radius 2 is 0.742 bits per heavy atom. The van der Waals surface area contributed by atoms with E-state index in [9.17, 15) is 0 Å². The van der Waals surface area contributed by atoms with Crippen molar-refractivity contribution >= 4 is 0 Å². The Balaban J connectivity index is 0.948. The molecule has 0 bridgehead atoms. The zero-order chi connectivity index (χ0) is 41.0. The molecule has 290 valence electrons. The Morgan fingerprint density at radius 1 is 0.306 bits per heavy atom. The summed E-state index contributed by atoms with van der Waals surface area (Å²) in [5, 5.41) is 0. The van der Waals surface area contributed by atoms with E-state index in [2.05, 4.69) is 145 Å². The number of pyridine rings is 1. The van der Waals surface area contributed by atoms with Crippen LogP contribution in [0, 0.1) is 0 Å². The lowest BCUT2D eigenvalue weighted by molar-refractivity contribution is 0.436. The van der Waals surface area contributed by atoms with E-state index in [-0.39, 0.29) is 0 Å². The van der Waals surface area contributed by atoms with Crippen molar-refractivity contribution in [2.75, 3.05) is 0 Å². The second-order valence-corrected chi connectivity index (χ2v) is 15.8. The fourth-order valence-corrected chi connectivity index (χ4v) is 9.43. The van der Waals surface area contributed by atoms with Crippen LogP contribution in [0.2, 0.25) is 0 Å². The minimum atomic E-state index is -0.542. The molecule has 0 atom stereocenters. The number of hydrogen-bond acceptors (Lipinski definition) is 5. The second-order valence-electron chi connectivity index (χ2n) is 15.8. The quantitative estimate of drug-likeness (QED) is 0.168. The molecule has 62 heavy (non-hydrogen) atoms. The topological polar surface area (TPSA) is 60.8 Å². The molecule has 2 aromatic heterocycles. The monoisotopic (exact) mass is 792 g/mol. The summed E-state index contributed by atoms with van der Waals surface area (Å²) in [6, 6.07) is 72.5. The molecule has 2 aliphatic rings. The van der Waals surface area contributed by atoms with E-state index in [0.29, 0.717) is 17.5 Å². The molecule has 12 rings (SSSR count). The molecule has 1 aliphatic carbocycles. The Morgan fingerprint density at radius 3 is 1.29 bits per heavy atom. The number of hydrogen-bond donors (Lipinski definition) is 0. The van der Waals surface area contributed by atoms with Gasteiger partial charge < -0.3 is 4.74 Å². The van der Waals surface area contributed by atoms with Gasteiger partial charge in [-0.25, -0.2) is 15.0 Å². The molecule has 0 amide bonds. The fraction of sp³-hybridized carbons (Fsp3) is 0.0175. The van der Waals surface area contributed by atoms with Gasteiger partial charge in [-0.15, -0.1) is 0 Å². The van der Waals surface area contributed by atoms with Crippen LogP contribution in [-0.2, 0) is 5.41 Å². The highest BCUT2D eigenvalue weighted by atomic mass is 16.5. The average molecular weight is 793 g/mol. The van der Waals surface area contributed by atoms with E-state index in [1.165, 1.54) is 22.3 Å². The van der Waals surface area contributed by atoms with Gasteiger partial charge in [-0.1, -0.05) is 170 Å². The van der Waals surface area contributed by atoms with Crippen LogP contribution < -0.4 is 4.74 Å². The molecular weight excluding hydrogens is 757 g/mol. The van der Waals surface area contributed by atoms with Gasteiger partial charge in [0.15, 0.2) is 17.5 Å². The Bertz CT molecular complexity index is 3210. The van der Waals surface area contributed by atoms with Crippen LogP contribution in [0.3, 0.4) is 0 Å². The summed E-state index contributed by atoms with van der Waals surface area (Å²) >= 11 is 0. The number of ether oxygens (including phenoxy) is 1. The number of aromatic nitrogens is 4. The number of nitrogens with zero attached hydrogens (tertiary/aromatic N) is 4. The lowest BCUT2D eigenvalue weighted by Gasteiger charge is -2.39. The van der Waals surface area contributed by atoms with Crippen molar-refractivity contribution in [2.24, 2.45) is 0 Å². The maximum atomic E-state index is 6.59. The molecule has 10 aromatic rings. The number of para-hydroxylation sites is 2. The summed E-state index contributed by atoms with van der Waals surface area (Å²) in [4.78, 5) is 19.3. The first-order chi connectivity index (χ1) is 30.7. The van der Waals surface area contributed by atoms with Crippen LogP contribution in [0.5, 0.6) is 11.5 Å². The smallest absolute Gasteiger partial charge is 0.164 e. The van der Waals surface area contributed by atoms with Crippen molar-refractivity contribution in [3.8, 4) is 90.2 Å². The predicted octanol–water partition coefficient (Wildman–Crippen LogP) is 13.7. The molecule has 5 nitrogen and oxygen atoms in total. The number of rotatable bonds is 6. The van der Waals surface area contributed by atoms with E-state index in [4.69, 9.17) is 19.7 Å². The maximum absolute atomic E-state index is 6.59. The van der Waals surface area contributed by atoms with E-state index in [1.54, 1.807) is 0 Å². The first-order valence-corrected chi connectivity index (χ1v) is 20.9. The highest BCUT2D eigenvalue weighted by Crippen LogP contribution is 2.62. The van der Waals surface area contributed by atoms with Crippen LogP contribution in [0.4, 0.5) is 0 Å². The second kappa shape index (κ2) is 14.5. The summed E-state index contributed by atoms with van der Waals surface area (Å²) in [6.07, 6.45) is 3.76. The van der Waals surface area contributed by atoms with Crippen molar-refractivity contribution in [1.29, 1.82) is 0 Å². The van der Waals surface area contributed by atoms with Gasteiger partial charge >= 0.3 is 0 Å². The van der Waals surface area contributed by atoms with Crippen LogP contribution in [0.15, 0.2) is 219 Å². The molecule has 0 unspecified atom stereocenters. The van der Waals surface area contributed by atoms with Gasteiger partial charge in [-0.3, -0.25) is 4.98 Å². The molecular formula is C57H36N4O. The molecule has 0 saturated carbocycles. The fourth-order valence-electron chi connectivity index (χ4n) is 9.43. The van der Waals surface area contributed by atoms with Crippen molar-refractivity contribution in [1.82, 2.24) is 19.9 Å². The van der Waals surface area contributed by atoms with Gasteiger partial charge in [-0.05, 0) is 86.5 Å². The maximum Gasteiger partial charge on any atom is 0.164 e. The normalized spacial score (nSPS) is 12.8. The molecule has 3 heterocycles. The van der Waals surface area contributed by atoms with Gasteiger partial charge in [0.05, 0.1) is 5.41 Å². The summed E-state index contributed by atoms with van der Waals surface area (Å²) in [6.45, 7) is 0. The Kier molecular flexibility index (Phi) is 8.32. The third kappa shape index (κ3) is 5.78. The highest BCUT2D eigenvalue weighted by Gasteiger charge is 2.51. The van der Waals surface area contributed by atoms with Gasteiger partial charge in [0.1, 0.15) is 11.5 Å². The van der Waals surface area contributed by atoms with E-state index >= 15 is 0 Å².